The van der Waals surface area contributed by atoms with Gasteiger partial charge in [0.15, 0.2) is 0 Å². The number of pyridine rings is 1. The molecule has 2 rings (SSSR count). The number of hydrogen-bond acceptors (Lipinski definition) is 3. The Kier molecular flexibility index (Phi) is 6.31. The van der Waals surface area contributed by atoms with Crippen molar-refractivity contribution in [3.63, 3.8) is 0 Å². The smallest absolute Gasteiger partial charge is 0.0576 e. The summed E-state index contributed by atoms with van der Waals surface area (Å²) in [5, 5.41) is 3.63. The summed E-state index contributed by atoms with van der Waals surface area (Å²) in [6.07, 6.45) is 11.6. The monoisotopic (exact) mass is 262 g/mol. The van der Waals surface area contributed by atoms with E-state index in [1.165, 1.54) is 44.1 Å². The molecule has 2 atom stereocenters. The maximum Gasteiger partial charge on any atom is 0.0576 e. The molecule has 106 valence electrons. The van der Waals surface area contributed by atoms with Gasteiger partial charge in [0.25, 0.3) is 0 Å². The first-order valence-electron chi connectivity index (χ1n) is 7.65. The van der Waals surface area contributed by atoms with Gasteiger partial charge in [0.05, 0.1) is 6.10 Å². The first-order valence-corrected chi connectivity index (χ1v) is 7.65. The van der Waals surface area contributed by atoms with E-state index in [1.54, 1.807) is 0 Å². The third-order valence-electron chi connectivity index (χ3n) is 3.77. The Labute approximate surface area is 116 Å². The normalized spacial score (nSPS) is 20.6. The molecule has 0 aromatic carbocycles. The summed E-state index contributed by atoms with van der Waals surface area (Å²) in [5.74, 6) is 0. The maximum atomic E-state index is 5.69. The number of aromatic nitrogens is 1. The molecular formula is C16H26N2O. The van der Waals surface area contributed by atoms with E-state index in [1.807, 2.05) is 18.5 Å². The van der Waals surface area contributed by atoms with Crippen molar-refractivity contribution in [2.75, 3.05) is 13.2 Å². The SMILES string of the molecule is CCCNC(CCCC1CCCO1)c1cccnc1. The largest absolute Gasteiger partial charge is 0.378 e. The lowest BCUT2D eigenvalue weighted by Crippen LogP contribution is -2.22. The van der Waals surface area contributed by atoms with Crippen molar-refractivity contribution in [3.8, 4) is 0 Å². The number of nitrogens with zero attached hydrogens (tertiary/aromatic N) is 1. The van der Waals surface area contributed by atoms with Gasteiger partial charge in [-0.25, -0.2) is 0 Å². The molecule has 1 aromatic rings. The molecule has 0 aliphatic carbocycles. The number of ether oxygens (including phenoxy) is 1. The Balaban J connectivity index is 1.79. The highest BCUT2D eigenvalue weighted by Crippen LogP contribution is 2.22. The fraction of sp³-hybridized carbons (Fsp3) is 0.688. The van der Waals surface area contributed by atoms with Crippen LogP contribution in [-0.2, 0) is 4.74 Å². The molecular weight excluding hydrogens is 236 g/mol. The van der Waals surface area contributed by atoms with Crippen LogP contribution in [-0.4, -0.2) is 24.2 Å². The lowest BCUT2D eigenvalue weighted by Gasteiger charge is -2.19. The molecule has 0 amide bonds. The van der Waals surface area contributed by atoms with Gasteiger partial charge in [-0.05, 0) is 56.7 Å². The van der Waals surface area contributed by atoms with E-state index in [-0.39, 0.29) is 0 Å². The molecule has 1 aliphatic rings. The van der Waals surface area contributed by atoms with E-state index < -0.39 is 0 Å². The average Bonchev–Trinajstić information content (AvgIpc) is 2.97. The van der Waals surface area contributed by atoms with Crippen LogP contribution >= 0.6 is 0 Å². The van der Waals surface area contributed by atoms with Gasteiger partial charge in [-0.1, -0.05) is 13.0 Å². The van der Waals surface area contributed by atoms with Crippen molar-refractivity contribution < 1.29 is 4.74 Å². The van der Waals surface area contributed by atoms with Gasteiger partial charge in [-0.15, -0.1) is 0 Å². The summed E-state index contributed by atoms with van der Waals surface area (Å²) < 4.78 is 5.69. The van der Waals surface area contributed by atoms with Crippen LogP contribution in [0.4, 0.5) is 0 Å². The highest BCUT2D eigenvalue weighted by molar-refractivity contribution is 5.13. The molecule has 19 heavy (non-hydrogen) atoms. The molecule has 0 saturated carbocycles. The fourth-order valence-electron chi connectivity index (χ4n) is 2.71. The minimum Gasteiger partial charge on any atom is -0.378 e. The van der Waals surface area contributed by atoms with E-state index in [0.29, 0.717) is 12.1 Å². The second-order valence-corrected chi connectivity index (χ2v) is 5.36. The van der Waals surface area contributed by atoms with Crippen molar-refractivity contribution in [2.24, 2.45) is 0 Å². The second-order valence-electron chi connectivity index (χ2n) is 5.36. The van der Waals surface area contributed by atoms with Crippen LogP contribution < -0.4 is 5.32 Å². The Morgan fingerprint density at radius 1 is 1.53 bits per heavy atom. The molecule has 1 aliphatic heterocycles. The summed E-state index contributed by atoms with van der Waals surface area (Å²) in [4.78, 5) is 4.23. The number of hydrogen-bond donors (Lipinski definition) is 1. The Morgan fingerprint density at radius 2 is 2.47 bits per heavy atom. The van der Waals surface area contributed by atoms with E-state index in [2.05, 4.69) is 23.3 Å². The Bertz CT molecular complexity index is 336. The average molecular weight is 262 g/mol. The molecule has 0 radical (unpaired) electrons. The van der Waals surface area contributed by atoms with E-state index >= 15 is 0 Å². The fourth-order valence-corrected chi connectivity index (χ4v) is 2.71. The van der Waals surface area contributed by atoms with Gasteiger partial charge in [-0.2, -0.15) is 0 Å². The predicted molar refractivity (Wildman–Crippen MR) is 78.1 cm³/mol. The van der Waals surface area contributed by atoms with Crippen molar-refractivity contribution in [2.45, 2.75) is 57.6 Å². The van der Waals surface area contributed by atoms with Crippen LogP contribution in [0.5, 0.6) is 0 Å². The summed E-state index contributed by atoms with van der Waals surface area (Å²) in [5.41, 5.74) is 1.31. The highest BCUT2D eigenvalue weighted by Gasteiger charge is 2.16. The number of rotatable bonds is 8. The topological polar surface area (TPSA) is 34.1 Å². The van der Waals surface area contributed by atoms with Crippen molar-refractivity contribution >= 4 is 0 Å². The van der Waals surface area contributed by atoms with Gasteiger partial charge >= 0.3 is 0 Å². The third-order valence-corrected chi connectivity index (χ3v) is 3.77. The van der Waals surface area contributed by atoms with Crippen LogP contribution in [0.2, 0.25) is 0 Å². The van der Waals surface area contributed by atoms with Crippen LogP contribution in [0.15, 0.2) is 24.5 Å². The maximum absolute atomic E-state index is 5.69. The lowest BCUT2D eigenvalue weighted by atomic mass is 10.0. The van der Waals surface area contributed by atoms with Crippen LogP contribution in [0.25, 0.3) is 0 Å². The van der Waals surface area contributed by atoms with Gasteiger partial charge in [0.1, 0.15) is 0 Å². The van der Waals surface area contributed by atoms with Crippen molar-refractivity contribution in [1.29, 1.82) is 0 Å². The van der Waals surface area contributed by atoms with Gasteiger partial charge in [0, 0.05) is 25.0 Å². The zero-order chi connectivity index (χ0) is 13.3. The Morgan fingerprint density at radius 3 is 3.16 bits per heavy atom. The Hall–Kier alpha value is -0.930. The standard InChI is InChI=1S/C16H26N2O/c1-2-10-18-16(14-6-4-11-17-13-14)9-3-7-15-8-5-12-19-15/h4,6,11,13,15-16,18H,2-3,5,7-10,12H2,1H3. The van der Waals surface area contributed by atoms with Gasteiger partial charge in [0.2, 0.25) is 0 Å². The first-order chi connectivity index (χ1) is 9.40. The minimum absolute atomic E-state index is 0.440. The molecule has 3 nitrogen and oxygen atoms in total. The lowest BCUT2D eigenvalue weighted by molar-refractivity contribution is 0.101. The summed E-state index contributed by atoms with van der Waals surface area (Å²) in [6.45, 7) is 4.24. The van der Waals surface area contributed by atoms with E-state index in [0.717, 1.165) is 13.2 Å². The first kappa shape index (κ1) is 14.5. The van der Waals surface area contributed by atoms with Gasteiger partial charge < -0.3 is 10.1 Å². The van der Waals surface area contributed by atoms with Crippen LogP contribution in [0, 0.1) is 0 Å². The molecule has 1 aromatic heterocycles. The zero-order valence-electron chi connectivity index (χ0n) is 12.0. The highest BCUT2D eigenvalue weighted by atomic mass is 16.5. The van der Waals surface area contributed by atoms with Crippen molar-refractivity contribution in [1.82, 2.24) is 10.3 Å². The van der Waals surface area contributed by atoms with Crippen LogP contribution in [0.1, 0.15) is 57.1 Å². The summed E-state index contributed by atoms with van der Waals surface area (Å²) >= 11 is 0. The third kappa shape index (κ3) is 4.92. The quantitative estimate of drug-likeness (QED) is 0.779. The summed E-state index contributed by atoms with van der Waals surface area (Å²) in [7, 11) is 0. The van der Waals surface area contributed by atoms with E-state index in [9.17, 15) is 0 Å². The number of nitrogens with one attached hydrogen (secondary N) is 1. The van der Waals surface area contributed by atoms with Gasteiger partial charge in [-0.3, -0.25) is 4.98 Å². The minimum atomic E-state index is 0.440. The predicted octanol–water partition coefficient (Wildman–Crippen LogP) is 3.47. The second kappa shape index (κ2) is 8.28. The molecule has 0 bridgehead atoms. The molecule has 2 unspecified atom stereocenters. The van der Waals surface area contributed by atoms with Crippen LogP contribution in [0.3, 0.4) is 0 Å². The molecule has 1 fully saturated rings. The van der Waals surface area contributed by atoms with E-state index in [4.69, 9.17) is 4.74 Å². The molecule has 2 heterocycles. The zero-order valence-corrected chi connectivity index (χ0v) is 12.0. The molecule has 1 N–H and O–H groups in total. The molecule has 3 heteroatoms. The molecule has 1 saturated heterocycles. The summed E-state index contributed by atoms with van der Waals surface area (Å²) in [6, 6.07) is 4.64. The van der Waals surface area contributed by atoms with Crippen molar-refractivity contribution in [3.05, 3.63) is 30.1 Å². The molecule has 0 spiro atoms.